The third-order valence-corrected chi connectivity index (χ3v) is 3.75. The molecule has 3 atom stereocenters. The van der Waals surface area contributed by atoms with Crippen molar-refractivity contribution in [2.45, 2.75) is 38.4 Å². The van der Waals surface area contributed by atoms with Gasteiger partial charge in [-0.25, -0.2) is 0 Å². The topological polar surface area (TPSA) is 76.1 Å². The molecule has 0 radical (unpaired) electrons. The van der Waals surface area contributed by atoms with Crippen molar-refractivity contribution in [2.24, 2.45) is 5.92 Å². The van der Waals surface area contributed by atoms with Crippen LogP contribution in [0.4, 0.5) is 0 Å². The van der Waals surface area contributed by atoms with Gasteiger partial charge in [0.15, 0.2) is 0 Å². The van der Waals surface area contributed by atoms with E-state index in [4.69, 9.17) is 14.6 Å². The molecule has 0 unspecified atom stereocenters. The maximum atomic E-state index is 12.1. The van der Waals surface area contributed by atoms with Gasteiger partial charge in [-0.15, -0.1) is 0 Å². The molecule has 19 heavy (non-hydrogen) atoms. The second-order valence-corrected chi connectivity index (χ2v) is 5.22. The molecule has 1 N–H and O–H groups in total. The molecule has 2 heterocycles. The van der Waals surface area contributed by atoms with Gasteiger partial charge >= 0.3 is 5.97 Å². The average molecular weight is 271 g/mol. The van der Waals surface area contributed by atoms with Gasteiger partial charge in [0.2, 0.25) is 0 Å². The van der Waals surface area contributed by atoms with E-state index in [2.05, 4.69) is 0 Å². The molecule has 0 aliphatic carbocycles. The van der Waals surface area contributed by atoms with Crippen LogP contribution in [0.2, 0.25) is 0 Å². The van der Waals surface area contributed by atoms with Gasteiger partial charge in [-0.05, 0) is 26.2 Å². The van der Waals surface area contributed by atoms with Gasteiger partial charge < -0.3 is 19.5 Å². The molecule has 0 bridgehead atoms. The number of carbonyl (C=O) groups excluding carboxylic acids is 1. The summed E-state index contributed by atoms with van der Waals surface area (Å²) in [6, 6.07) is 0. The van der Waals surface area contributed by atoms with Crippen molar-refractivity contribution in [3.8, 4) is 0 Å². The van der Waals surface area contributed by atoms with Gasteiger partial charge in [-0.2, -0.15) is 0 Å². The first-order valence-electron chi connectivity index (χ1n) is 6.82. The molecule has 0 aromatic heterocycles. The summed E-state index contributed by atoms with van der Waals surface area (Å²) in [5, 5.41) is 8.91. The summed E-state index contributed by atoms with van der Waals surface area (Å²) in [7, 11) is 0. The molecule has 0 saturated carbocycles. The van der Waals surface area contributed by atoms with Crippen molar-refractivity contribution in [1.82, 2.24) is 4.90 Å². The van der Waals surface area contributed by atoms with Crippen LogP contribution in [0.15, 0.2) is 0 Å². The molecule has 0 aromatic carbocycles. The zero-order chi connectivity index (χ0) is 13.8. The van der Waals surface area contributed by atoms with Gasteiger partial charge in [0.1, 0.15) is 6.10 Å². The molecule has 6 heteroatoms. The Hall–Kier alpha value is -1.14. The second kappa shape index (κ2) is 6.34. The summed E-state index contributed by atoms with van der Waals surface area (Å²) in [6.07, 6.45) is 2.12. The highest BCUT2D eigenvalue weighted by Crippen LogP contribution is 2.18. The van der Waals surface area contributed by atoms with E-state index in [0.29, 0.717) is 26.1 Å². The molecule has 0 spiro atoms. The van der Waals surface area contributed by atoms with Crippen LogP contribution in [0.1, 0.15) is 26.2 Å². The van der Waals surface area contributed by atoms with Gasteiger partial charge in [0, 0.05) is 19.7 Å². The standard InChI is InChI=1S/C13H21NO5/c1-9(19-8-11-3-2-6-18-11)12(15)14-5-4-10(7-14)13(16)17/h9-11H,2-8H2,1H3,(H,16,17)/t9-,10+,11-/m0/s1. The quantitative estimate of drug-likeness (QED) is 0.788. The minimum Gasteiger partial charge on any atom is -0.481 e. The number of rotatable bonds is 5. The number of hydrogen-bond donors (Lipinski definition) is 1. The van der Waals surface area contributed by atoms with Crippen LogP contribution in [-0.4, -0.2) is 60.4 Å². The average Bonchev–Trinajstić information content (AvgIpc) is 3.05. The molecule has 6 nitrogen and oxygen atoms in total. The monoisotopic (exact) mass is 271 g/mol. The number of carboxylic acid groups (broad SMARTS) is 1. The molecular formula is C13H21NO5. The Morgan fingerprint density at radius 1 is 1.47 bits per heavy atom. The predicted molar refractivity (Wildman–Crippen MR) is 66.7 cm³/mol. The Morgan fingerprint density at radius 2 is 2.26 bits per heavy atom. The van der Waals surface area contributed by atoms with Crippen molar-refractivity contribution in [1.29, 1.82) is 0 Å². The predicted octanol–water partition coefficient (Wildman–Crippen LogP) is 0.504. The van der Waals surface area contributed by atoms with E-state index in [0.717, 1.165) is 19.4 Å². The lowest BCUT2D eigenvalue weighted by Gasteiger charge is -2.22. The van der Waals surface area contributed by atoms with Crippen LogP contribution < -0.4 is 0 Å². The molecule has 2 aliphatic rings. The van der Waals surface area contributed by atoms with Crippen LogP contribution in [0.3, 0.4) is 0 Å². The van der Waals surface area contributed by atoms with Gasteiger partial charge in [-0.1, -0.05) is 0 Å². The summed E-state index contributed by atoms with van der Waals surface area (Å²) in [5.74, 6) is -1.39. The lowest BCUT2D eigenvalue weighted by Crippen LogP contribution is -2.39. The van der Waals surface area contributed by atoms with E-state index in [1.165, 1.54) is 0 Å². The summed E-state index contributed by atoms with van der Waals surface area (Å²) in [6.45, 7) is 3.71. The Labute approximate surface area is 112 Å². The molecule has 2 fully saturated rings. The number of hydrogen-bond acceptors (Lipinski definition) is 4. The van der Waals surface area contributed by atoms with Gasteiger partial charge in [0.05, 0.1) is 18.6 Å². The SMILES string of the molecule is C[C@H](OC[C@@H]1CCCO1)C(=O)N1CC[C@@H](C(=O)O)C1. The normalized spacial score (nSPS) is 28.6. The lowest BCUT2D eigenvalue weighted by atomic mass is 10.1. The largest absolute Gasteiger partial charge is 0.481 e. The van der Waals surface area contributed by atoms with E-state index in [1.807, 2.05) is 0 Å². The lowest BCUT2D eigenvalue weighted by molar-refractivity contribution is -0.144. The molecular weight excluding hydrogens is 250 g/mol. The molecule has 108 valence electrons. The molecule has 1 amide bonds. The smallest absolute Gasteiger partial charge is 0.308 e. The third-order valence-electron chi connectivity index (χ3n) is 3.75. The first-order valence-corrected chi connectivity index (χ1v) is 6.82. The number of ether oxygens (including phenoxy) is 2. The first-order chi connectivity index (χ1) is 9.08. The van der Waals surface area contributed by atoms with Crippen LogP contribution >= 0.6 is 0 Å². The van der Waals surface area contributed by atoms with E-state index < -0.39 is 18.0 Å². The highest BCUT2D eigenvalue weighted by molar-refractivity contribution is 5.82. The fourth-order valence-electron chi connectivity index (χ4n) is 2.52. The number of carbonyl (C=O) groups is 2. The highest BCUT2D eigenvalue weighted by atomic mass is 16.5. The second-order valence-electron chi connectivity index (χ2n) is 5.22. The van der Waals surface area contributed by atoms with Crippen LogP contribution in [0, 0.1) is 5.92 Å². The van der Waals surface area contributed by atoms with Gasteiger partial charge in [0.25, 0.3) is 5.91 Å². The minimum atomic E-state index is -0.830. The summed E-state index contributed by atoms with van der Waals surface area (Å²) in [5.41, 5.74) is 0. The Morgan fingerprint density at radius 3 is 2.84 bits per heavy atom. The van der Waals surface area contributed by atoms with Gasteiger partial charge in [-0.3, -0.25) is 9.59 Å². The third kappa shape index (κ3) is 3.67. The van der Waals surface area contributed by atoms with E-state index in [9.17, 15) is 9.59 Å². The first kappa shape index (κ1) is 14.3. The van der Waals surface area contributed by atoms with E-state index in [1.54, 1.807) is 11.8 Å². The fraction of sp³-hybridized carbons (Fsp3) is 0.846. The highest BCUT2D eigenvalue weighted by Gasteiger charge is 2.33. The van der Waals surface area contributed by atoms with Crippen LogP contribution in [0.25, 0.3) is 0 Å². The van der Waals surface area contributed by atoms with Crippen LogP contribution in [0.5, 0.6) is 0 Å². The zero-order valence-corrected chi connectivity index (χ0v) is 11.2. The van der Waals surface area contributed by atoms with Crippen LogP contribution in [-0.2, 0) is 19.1 Å². The maximum absolute atomic E-state index is 12.1. The van der Waals surface area contributed by atoms with Crippen molar-refractivity contribution in [3.05, 3.63) is 0 Å². The Kier molecular flexibility index (Phi) is 4.76. The number of aliphatic carboxylic acids is 1. The van der Waals surface area contributed by atoms with E-state index >= 15 is 0 Å². The molecule has 2 aliphatic heterocycles. The molecule has 2 saturated heterocycles. The summed E-state index contributed by atoms with van der Waals surface area (Å²) < 4.78 is 11.0. The van der Waals surface area contributed by atoms with Crippen molar-refractivity contribution >= 4 is 11.9 Å². The number of likely N-dealkylation sites (tertiary alicyclic amines) is 1. The zero-order valence-electron chi connectivity index (χ0n) is 11.2. The minimum absolute atomic E-state index is 0.0978. The fourth-order valence-corrected chi connectivity index (χ4v) is 2.52. The van der Waals surface area contributed by atoms with E-state index in [-0.39, 0.29) is 12.0 Å². The van der Waals surface area contributed by atoms with Crippen molar-refractivity contribution in [3.63, 3.8) is 0 Å². The molecule has 0 aromatic rings. The number of nitrogens with zero attached hydrogens (tertiary/aromatic N) is 1. The van der Waals surface area contributed by atoms with Crippen molar-refractivity contribution < 1.29 is 24.2 Å². The summed E-state index contributed by atoms with van der Waals surface area (Å²) >= 11 is 0. The Balaban J connectivity index is 1.74. The number of carboxylic acids is 1. The summed E-state index contributed by atoms with van der Waals surface area (Å²) in [4.78, 5) is 24.5. The maximum Gasteiger partial charge on any atom is 0.308 e. The Bertz CT molecular complexity index is 340. The van der Waals surface area contributed by atoms with Crippen molar-refractivity contribution in [2.75, 3.05) is 26.3 Å². The number of amides is 1. The molecule has 2 rings (SSSR count).